The average molecular weight is 389 g/mol. The molecule has 7 heteroatoms. The molecule has 0 atom stereocenters. The van der Waals surface area contributed by atoms with Crippen molar-refractivity contribution >= 4 is 56.1 Å². The molecule has 0 saturated heterocycles. The third-order valence-corrected chi connectivity index (χ3v) is 4.62. The maximum atomic E-state index is 12.0. The van der Waals surface area contributed by atoms with E-state index >= 15 is 0 Å². The summed E-state index contributed by atoms with van der Waals surface area (Å²) in [7, 11) is 1.90. The van der Waals surface area contributed by atoms with Crippen molar-refractivity contribution in [1.82, 2.24) is 4.90 Å². The van der Waals surface area contributed by atoms with Crippen molar-refractivity contribution in [3.8, 4) is 0 Å². The molecule has 0 bridgehead atoms. The molecule has 0 radical (unpaired) electrons. The monoisotopic (exact) mass is 387 g/mol. The van der Waals surface area contributed by atoms with Crippen LogP contribution in [0.25, 0.3) is 0 Å². The molecular weight excluding hydrogens is 374 g/mol. The van der Waals surface area contributed by atoms with Gasteiger partial charge in [0.15, 0.2) is 0 Å². The van der Waals surface area contributed by atoms with Gasteiger partial charge in [-0.05, 0) is 58.2 Å². The van der Waals surface area contributed by atoms with E-state index in [0.717, 1.165) is 3.79 Å². The molecule has 0 unspecified atom stereocenters. The number of nitrogens with two attached hydrogens (primary N) is 1. The second kappa shape index (κ2) is 7.26. The average Bonchev–Trinajstić information content (AvgIpc) is 2.78. The quantitative estimate of drug-likeness (QED) is 0.766. The Kier molecular flexibility index (Phi) is 5.64. The van der Waals surface area contributed by atoms with Crippen LogP contribution in [0.4, 0.5) is 11.4 Å². The van der Waals surface area contributed by atoms with Crippen LogP contribution in [0, 0.1) is 0 Å². The summed E-state index contributed by atoms with van der Waals surface area (Å²) in [5.41, 5.74) is 7.93. The number of carbonyl (C=O) groups excluding carboxylic acids is 1. The first kappa shape index (κ1) is 16.3. The van der Waals surface area contributed by atoms with Crippen molar-refractivity contribution in [2.75, 3.05) is 24.6 Å². The molecule has 4 nitrogen and oxygen atoms in total. The number of carbonyl (C=O) groups is 1. The Morgan fingerprint density at radius 3 is 2.86 bits per heavy atom. The fourth-order valence-electron chi connectivity index (χ4n) is 1.86. The standard InChI is InChI=1S/C14H15BrClN3OS/c1-19(6-9-4-13(15)21-8-9)7-14(20)18-12-3-2-10(17)5-11(12)16/h2-5,8H,6-7,17H2,1H3,(H,18,20). The van der Waals surface area contributed by atoms with Gasteiger partial charge in [-0.15, -0.1) is 11.3 Å². The Hall–Kier alpha value is -1.08. The number of nitrogens with zero attached hydrogens (tertiary/aromatic N) is 1. The zero-order valence-electron chi connectivity index (χ0n) is 11.4. The van der Waals surface area contributed by atoms with Crippen LogP contribution in [-0.2, 0) is 11.3 Å². The second-order valence-electron chi connectivity index (χ2n) is 4.72. The van der Waals surface area contributed by atoms with Gasteiger partial charge in [0.1, 0.15) is 0 Å². The lowest BCUT2D eigenvalue weighted by atomic mass is 10.3. The summed E-state index contributed by atoms with van der Waals surface area (Å²) in [6.45, 7) is 0.999. The number of amides is 1. The molecule has 0 spiro atoms. The Labute approximate surface area is 141 Å². The zero-order chi connectivity index (χ0) is 15.4. The highest BCUT2D eigenvalue weighted by Crippen LogP contribution is 2.24. The number of likely N-dealkylation sites (N-methyl/N-ethyl adjacent to an activating group) is 1. The second-order valence-corrected chi connectivity index (χ2v) is 7.42. The van der Waals surface area contributed by atoms with E-state index in [1.165, 1.54) is 5.56 Å². The molecule has 112 valence electrons. The molecule has 1 heterocycles. The lowest BCUT2D eigenvalue weighted by molar-refractivity contribution is -0.117. The van der Waals surface area contributed by atoms with Crippen LogP contribution in [0.5, 0.6) is 0 Å². The summed E-state index contributed by atoms with van der Waals surface area (Å²) in [4.78, 5) is 13.9. The van der Waals surface area contributed by atoms with E-state index in [1.54, 1.807) is 29.5 Å². The maximum Gasteiger partial charge on any atom is 0.238 e. The lowest BCUT2D eigenvalue weighted by Crippen LogP contribution is -2.29. The van der Waals surface area contributed by atoms with Crippen LogP contribution in [0.15, 0.2) is 33.4 Å². The van der Waals surface area contributed by atoms with Crippen molar-refractivity contribution in [3.63, 3.8) is 0 Å². The molecule has 0 saturated carbocycles. The largest absolute Gasteiger partial charge is 0.399 e. The van der Waals surface area contributed by atoms with Crippen LogP contribution in [0.1, 0.15) is 5.56 Å². The van der Waals surface area contributed by atoms with E-state index in [1.807, 2.05) is 11.9 Å². The number of anilines is 2. The minimum atomic E-state index is -0.113. The number of benzene rings is 1. The maximum absolute atomic E-state index is 12.0. The number of rotatable bonds is 5. The van der Waals surface area contributed by atoms with E-state index in [4.69, 9.17) is 17.3 Å². The molecule has 0 aliphatic carbocycles. The Morgan fingerprint density at radius 1 is 1.48 bits per heavy atom. The highest BCUT2D eigenvalue weighted by molar-refractivity contribution is 9.11. The Balaban J connectivity index is 1.89. The smallest absolute Gasteiger partial charge is 0.238 e. The summed E-state index contributed by atoms with van der Waals surface area (Å²) < 4.78 is 1.09. The number of halogens is 2. The minimum absolute atomic E-state index is 0.113. The summed E-state index contributed by atoms with van der Waals surface area (Å²) in [6.07, 6.45) is 0. The zero-order valence-corrected chi connectivity index (χ0v) is 14.6. The van der Waals surface area contributed by atoms with Gasteiger partial charge in [0.25, 0.3) is 0 Å². The number of hydrogen-bond donors (Lipinski definition) is 2. The normalized spacial score (nSPS) is 10.9. The van der Waals surface area contributed by atoms with E-state index in [-0.39, 0.29) is 12.5 Å². The molecule has 1 aromatic carbocycles. The first-order chi connectivity index (χ1) is 9.94. The van der Waals surface area contributed by atoms with Crippen LogP contribution >= 0.6 is 38.9 Å². The van der Waals surface area contributed by atoms with Crippen molar-refractivity contribution < 1.29 is 4.79 Å². The molecule has 0 aliphatic rings. The third kappa shape index (κ3) is 5.00. The van der Waals surface area contributed by atoms with Gasteiger partial charge in [-0.3, -0.25) is 9.69 Å². The molecule has 1 aromatic heterocycles. The van der Waals surface area contributed by atoms with E-state index in [0.29, 0.717) is 22.9 Å². The van der Waals surface area contributed by atoms with Crippen molar-refractivity contribution in [2.45, 2.75) is 6.54 Å². The molecular formula is C14H15BrClN3OS. The summed E-state index contributed by atoms with van der Waals surface area (Å²) >= 11 is 11.1. The van der Waals surface area contributed by atoms with Crippen LogP contribution in [-0.4, -0.2) is 24.4 Å². The topological polar surface area (TPSA) is 58.4 Å². The molecule has 21 heavy (non-hydrogen) atoms. The van der Waals surface area contributed by atoms with Gasteiger partial charge in [0.2, 0.25) is 5.91 Å². The predicted molar refractivity (Wildman–Crippen MR) is 92.8 cm³/mol. The van der Waals surface area contributed by atoms with Crippen molar-refractivity contribution in [2.24, 2.45) is 0 Å². The van der Waals surface area contributed by atoms with Crippen LogP contribution in [0.3, 0.4) is 0 Å². The molecule has 3 N–H and O–H groups in total. The van der Waals surface area contributed by atoms with Crippen LogP contribution in [0.2, 0.25) is 5.02 Å². The number of nitrogen functional groups attached to an aromatic ring is 1. The number of nitrogens with one attached hydrogen (secondary N) is 1. The van der Waals surface area contributed by atoms with Crippen molar-refractivity contribution in [1.29, 1.82) is 0 Å². The van der Waals surface area contributed by atoms with Gasteiger partial charge in [0, 0.05) is 12.2 Å². The summed E-state index contributed by atoms with van der Waals surface area (Å²) in [6, 6.07) is 7.07. The summed E-state index contributed by atoms with van der Waals surface area (Å²) in [5, 5.41) is 5.29. The highest BCUT2D eigenvalue weighted by Gasteiger charge is 2.10. The Morgan fingerprint density at radius 2 is 2.24 bits per heavy atom. The molecule has 1 amide bonds. The molecule has 2 rings (SSSR count). The lowest BCUT2D eigenvalue weighted by Gasteiger charge is -2.16. The Bertz CT molecular complexity index is 647. The SMILES string of the molecule is CN(CC(=O)Nc1ccc(N)cc1Cl)Cc1csc(Br)c1. The number of hydrogen-bond acceptors (Lipinski definition) is 4. The third-order valence-electron chi connectivity index (χ3n) is 2.76. The van der Waals surface area contributed by atoms with E-state index < -0.39 is 0 Å². The fraction of sp³-hybridized carbons (Fsp3) is 0.214. The molecule has 0 aliphatic heterocycles. The van der Waals surface area contributed by atoms with Gasteiger partial charge in [-0.1, -0.05) is 11.6 Å². The minimum Gasteiger partial charge on any atom is -0.399 e. The molecule has 0 fully saturated rings. The van der Waals surface area contributed by atoms with Gasteiger partial charge in [-0.2, -0.15) is 0 Å². The van der Waals surface area contributed by atoms with E-state index in [9.17, 15) is 4.79 Å². The van der Waals surface area contributed by atoms with E-state index in [2.05, 4.69) is 32.7 Å². The summed E-state index contributed by atoms with van der Waals surface area (Å²) in [5.74, 6) is -0.113. The van der Waals surface area contributed by atoms with Gasteiger partial charge < -0.3 is 11.1 Å². The van der Waals surface area contributed by atoms with Gasteiger partial charge >= 0.3 is 0 Å². The van der Waals surface area contributed by atoms with Gasteiger partial charge in [0.05, 0.1) is 21.0 Å². The van der Waals surface area contributed by atoms with Crippen LogP contribution < -0.4 is 11.1 Å². The molecule has 2 aromatic rings. The first-order valence-corrected chi connectivity index (χ1v) is 8.25. The van der Waals surface area contributed by atoms with Crippen molar-refractivity contribution in [3.05, 3.63) is 44.0 Å². The predicted octanol–water partition coefficient (Wildman–Crippen LogP) is 3.82. The first-order valence-electron chi connectivity index (χ1n) is 6.20. The highest BCUT2D eigenvalue weighted by atomic mass is 79.9. The van der Waals surface area contributed by atoms with Gasteiger partial charge in [-0.25, -0.2) is 0 Å². The fourth-order valence-corrected chi connectivity index (χ4v) is 3.30. The number of thiophene rings is 1.